The Hall–Kier alpha value is -3.12. The lowest BCUT2D eigenvalue weighted by atomic mass is 9.99. The minimum Gasteiger partial charge on any atom is -0.345 e. The SMILES string of the molecule is CC[C@@H](NC(=O)c1ccccc1NS(=O)(=O)c1ccc(C)cc1)c1ccc(C)c(C)c1. The van der Waals surface area contributed by atoms with Crippen molar-refractivity contribution in [2.24, 2.45) is 0 Å². The minimum absolute atomic E-state index is 0.148. The molecule has 31 heavy (non-hydrogen) atoms. The number of carbonyl (C=O) groups excluding carboxylic acids is 1. The lowest BCUT2D eigenvalue weighted by molar-refractivity contribution is 0.0936. The van der Waals surface area contributed by atoms with Crippen LogP contribution in [0.15, 0.2) is 71.6 Å². The van der Waals surface area contributed by atoms with Gasteiger partial charge < -0.3 is 5.32 Å². The van der Waals surface area contributed by atoms with Gasteiger partial charge in [0.2, 0.25) is 0 Å². The van der Waals surface area contributed by atoms with Crippen LogP contribution in [0.2, 0.25) is 0 Å². The Kier molecular flexibility index (Phi) is 6.81. The molecule has 0 saturated carbocycles. The average molecular weight is 437 g/mol. The molecule has 0 radical (unpaired) electrons. The van der Waals surface area contributed by atoms with Crippen molar-refractivity contribution in [3.05, 3.63) is 94.5 Å². The van der Waals surface area contributed by atoms with Gasteiger partial charge in [-0.3, -0.25) is 9.52 Å². The van der Waals surface area contributed by atoms with Gasteiger partial charge in [0.15, 0.2) is 0 Å². The Balaban J connectivity index is 1.85. The van der Waals surface area contributed by atoms with Gasteiger partial charge in [0.05, 0.1) is 22.2 Å². The fourth-order valence-corrected chi connectivity index (χ4v) is 4.41. The quantitative estimate of drug-likeness (QED) is 0.528. The molecule has 6 heteroatoms. The highest BCUT2D eigenvalue weighted by Gasteiger charge is 2.20. The summed E-state index contributed by atoms with van der Waals surface area (Å²) in [5, 5.41) is 3.05. The topological polar surface area (TPSA) is 75.3 Å². The second-order valence-corrected chi connectivity index (χ2v) is 9.42. The molecule has 0 saturated heterocycles. The smallest absolute Gasteiger partial charge is 0.261 e. The van der Waals surface area contributed by atoms with E-state index in [0.717, 1.165) is 16.7 Å². The number of hydrogen-bond acceptors (Lipinski definition) is 3. The molecule has 0 aliphatic rings. The molecule has 0 fully saturated rings. The molecule has 0 unspecified atom stereocenters. The number of hydrogen-bond donors (Lipinski definition) is 2. The van der Waals surface area contributed by atoms with Gasteiger partial charge >= 0.3 is 0 Å². The molecule has 1 amide bonds. The third kappa shape index (κ3) is 5.33. The molecule has 0 aliphatic heterocycles. The summed E-state index contributed by atoms with van der Waals surface area (Å²) in [6, 6.07) is 19.2. The van der Waals surface area contributed by atoms with E-state index in [4.69, 9.17) is 0 Å². The van der Waals surface area contributed by atoms with E-state index in [1.807, 2.05) is 32.9 Å². The second kappa shape index (κ2) is 9.35. The molecule has 3 aromatic rings. The Morgan fingerprint density at radius 2 is 1.58 bits per heavy atom. The highest BCUT2D eigenvalue weighted by atomic mass is 32.2. The molecule has 0 heterocycles. The first-order chi connectivity index (χ1) is 14.7. The molecule has 2 N–H and O–H groups in total. The van der Waals surface area contributed by atoms with E-state index in [9.17, 15) is 13.2 Å². The van der Waals surface area contributed by atoms with E-state index in [2.05, 4.69) is 23.0 Å². The number of benzene rings is 3. The van der Waals surface area contributed by atoms with Gasteiger partial charge in [-0.2, -0.15) is 0 Å². The third-order valence-electron chi connectivity index (χ3n) is 5.39. The number of aryl methyl sites for hydroxylation is 3. The minimum atomic E-state index is -3.81. The average Bonchev–Trinajstić information content (AvgIpc) is 2.74. The van der Waals surface area contributed by atoms with E-state index in [-0.39, 0.29) is 28.1 Å². The predicted molar refractivity (Wildman–Crippen MR) is 125 cm³/mol. The third-order valence-corrected chi connectivity index (χ3v) is 6.78. The summed E-state index contributed by atoms with van der Waals surface area (Å²) >= 11 is 0. The molecule has 162 valence electrons. The Morgan fingerprint density at radius 3 is 2.23 bits per heavy atom. The van der Waals surface area contributed by atoms with Crippen LogP contribution in [0, 0.1) is 20.8 Å². The van der Waals surface area contributed by atoms with Crippen molar-refractivity contribution in [3.63, 3.8) is 0 Å². The van der Waals surface area contributed by atoms with E-state index in [0.29, 0.717) is 6.42 Å². The summed E-state index contributed by atoms with van der Waals surface area (Å²) < 4.78 is 28.2. The molecular weight excluding hydrogens is 408 g/mol. The summed E-state index contributed by atoms with van der Waals surface area (Å²) in [4.78, 5) is 13.2. The van der Waals surface area contributed by atoms with Crippen LogP contribution in [0.25, 0.3) is 0 Å². The monoisotopic (exact) mass is 436 g/mol. The molecule has 3 rings (SSSR count). The number of carbonyl (C=O) groups is 1. The van der Waals surface area contributed by atoms with Crippen LogP contribution in [0.1, 0.15) is 52.0 Å². The molecular formula is C25H28N2O3S. The van der Waals surface area contributed by atoms with Gasteiger partial charge in [0, 0.05) is 0 Å². The Labute approximate surface area is 184 Å². The van der Waals surface area contributed by atoms with Crippen LogP contribution >= 0.6 is 0 Å². The maximum atomic E-state index is 13.1. The van der Waals surface area contributed by atoms with Crippen LogP contribution in [0.3, 0.4) is 0 Å². The number of amides is 1. The van der Waals surface area contributed by atoms with E-state index in [1.54, 1.807) is 48.5 Å². The molecule has 5 nitrogen and oxygen atoms in total. The van der Waals surface area contributed by atoms with E-state index < -0.39 is 10.0 Å². The van der Waals surface area contributed by atoms with Crippen LogP contribution in [-0.4, -0.2) is 14.3 Å². The van der Waals surface area contributed by atoms with Gasteiger partial charge in [-0.25, -0.2) is 8.42 Å². The number of nitrogens with one attached hydrogen (secondary N) is 2. The molecule has 0 aromatic heterocycles. The summed E-state index contributed by atoms with van der Waals surface area (Å²) in [7, 11) is -3.81. The van der Waals surface area contributed by atoms with E-state index >= 15 is 0 Å². The van der Waals surface area contributed by atoms with Gasteiger partial charge in [-0.1, -0.05) is 55.0 Å². The lowest BCUT2D eigenvalue weighted by Gasteiger charge is -2.20. The number of anilines is 1. The fourth-order valence-electron chi connectivity index (χ4n) is 3.33. The van der Waals surface area contributed by atoms with Crippen molar-refractivity contribution in [2.75, 3.05) is 4.72 Å². The first-order valence-electron chi connectivity index (χ1n) is 10.3. The van der Waals surface area contributed by atoms with Crippen LogP contribution in [0.5, 0.6) is 0 Å². The molecule has 0 spiro atoms. The molecule has 0 bridgehead atoms. The van der Waals surface area contributed by atoms with Crippen molar-refractivity contribution >= 4 is 21.6 Å². The summed E-state index contributed by atoms with van der Waals surface area (Å²) in [5.41, 5.74) is 4.88. The van der Waals surface area contributed by atoms with E-state index in [1.165, 1.54) is 5.56 Å². The van der Waals surface area contributed by atoms with Crippen molar-refractivity contribution in [2.45, 2.75) is 45.1 Å². The molecule has 0 aliphatic carbocycles. The second-order valence-electron chi connectivity index (χ2n) is 7.74. The predicted octanol–water partition coefficient (Wildman–Crippen LogP) is 5.29. The van der Waals surface area contributed by atoms with Gasteiger partial charge in [-0.15, -0.1) is 0 Å². The maximum absolute atomic E-state index is 13.1. The number of para-hydroxylation sites is 1. The number of sulfonamides is 1. The normalized spacial score (nSPS) is 12.3. The molecule has 1 atom stereocenters. The summed E-state index contributed by atoms with van der Waals surface area (Å²) in [6.45, 7) is 7.99. The summed E-state index contributed by atoms with van der Waals surface area (Å²) in [5.74, 6) is -0.327. The van der Waals surface area contributed by atoms with Gasteiger partial charge in [0.25, 0.3) is 15.9 Å². The Morgan fingerprint density at radius 1 is 0.903 bits per heavy atom. The zero-order chi connectivity index (χ0) is 22.6. The van der Waals surface area contributed by atoms with Crippen molar-refractivity contribution in [1.82, 2.24) is 5.32 Å². The van der Waals surface area contributed by atoms with Gasteiger partial charge in [0.1, 0.15) is 0 Å². The summed E-state index contributed by atoms with van der Waals surface area (Å²) in [6.07, 6.45) is 0.714. The zero-order valence-corrected chi connectivity index (χ0v) is 19.1. The first kappa shape index (κ1) is 22.6. The first-order valence-corrected chi connectivity index (χ1v) is 11.8. The van der Waals surface area contributed by atoms with Crippen LogP contribution in [-0.2, 0) is 10.0 Å². The van der Waals surface area contributed by atoms with Crippen LogP contribution in [0.4, 0.5) is 5.69 Å². The Bertz CT molecular complexity index is 1190. The molecule has 3 aromatic carbocycles. The zero-order valence-electron chi connectivity index (χ0n) is 18.3. The largest absolute Gasteiger partial charge is 0.345 e. The standard InChI is InChI=1S/C25H28N2O3S/c1-5-23(20-13-12-18(3)19(4)16-20)26-25(28)22-8-6-7-9-24(22)27-31(29,30)21-14-10-17(2)11-15-21/h6-16,23,27H,5H2,1-4H3,(H,26,28)/t23-/m1/s1. The van der Waals surface area contributed by atoms with Crippen LogP contribution < -0.4 is 10.0 Å². The fraction of sp³-hybridized carbons (Fsp3) is 0.240. The van der Waals surface area contributed by atoms with Crippen molar-refractivity contribution in [3.8, 4) is 0 Å². The van der Waals surface area contributed by atoms with Crippen molar-refractivity contribution in [1.29, 1.82) is 0 Å². The van der Waals surface area contributed by atoms with Crippen molar-refractivity contribution < 1.29 is 13.2 Å². The highest BCUT2D eigenvalue weighted by Crippen LogP contribution is 2.24. The maximum Gasteiger partial charge on any atom is 0.261 e. The highest BCUT2D eigenvalue weighted by molar-refractivity contribution is 7.92. The lowest BCUT2D eigenvalue weighted by Crippen LogP contribution is -2.29. The van der Waals surface area contributed by atoms with Gasteiger partial charge in [-0.05, 0) is 68.1 Å². The number of rotatable bonds is 7.